The van der Waals surface area contributed by atoms with Gasteiger partial charge in [-0.3, -0.25) is 0 Å². The van der Waals surface area contributed by atoms with Crippen LogP contribution in [0.2, 0.25) is 0 Å². The molecule has 0 radical (unpaired) electrons. The fourth-order valence-corrected chi connectivity index (χ4v) is 4.07. The summed E-state index contributed by atoms with van der Waals surface area (Å²) in [6, 6.07) is 0. The first-order valence-electron chi connectivity index (χ1n) is 5.12. The molecule has 0 amide bonds. The van der Waals surface area contributed by atoms with Gasteiger partial charge in [-0.1, -0.05) is 4.13 Å². The number of halogens is 10. The van der Waals surface area contributed by atoms with E-state index in [9.17, 15) is 60.7 Å². The fourth-order valence-electron chi connectivity index (χ4n) is 1.21. The van der Waals surface area contributed by atoms with Crippen molar-refractivity contribution >= 4 is 20.0 Å². The molecular formula is C8HF10NO4S2. The van der Waals surface area contributed by atoms with E-state index in [1.807, 2.05) is 0 Å². The normalized spacial score (nSPS) is 14.0. The lowest BCUT2D eigenvalue weighted by molar-refractivity contribution is -0.241. The third-order valence-corrected chi connectivity index (χ3v) is 5.88. The van der Waals surface area contributed by atoms with E-state index in [0.717, 1.165) is 0 Å². The second kappa shape index (κ2) is 5.97. The van der Waals surface area contributed by atoms with Crippen LogP contribution in [0.25, 0.3) is 0 Å². The first-order valence-corrected chi connectivity index (χ1v) is 8.09. The summed E-state index contributed by atoms with van der Waals surface area (Å²) in [7, 11) is -13.9. The summed E-state index contributed by atoms with van der Waals surface area (Å²) < 4.78 is 170. The molecule has 144 valence electrons. The summed E-state index contributed by atoms with van der Waals surface area (Å²) >= 11 is 0. The van der Waals surface area contributed by atoms with Crippen LogP contribution >= 0.6 is 0 Å². The van der Waals surface area contributed by atoms with Crippen LogP contribution in [0.5, 0.6) is 0 Å². The third kappa shape index (κ3) is 3.39. The molecule has 0 saturated heterocycles. The molecule has 25 heavy (non-hydrogen) atoms. The van der Waals surface area contributed by atoms with Crippen LogP contribution in [-0.2, 0) is 20.0 Å². The molecule has 0 atom stereocenters. The molecule has 1 rings (SSSR count). The molecule has 0 saturated carbocycles. The molecule has 1 N–H and O–H groups in total. The van der Waals surface area contributed by atoms with Crippen molar-refractivity contribution in [3.8, 4) is 0 Å². The van der Waals surface area contributed by atoms with Gasteiger partial charge >= 0.3 is 21.5 Å². The lowest BCUT2D eigenvalue weighted by atomic mass is 10.3. The van der Waals surface area contributed by atoms with Gasteiger partial charge in [0.05, 0.1) is 0 Å². The Kier molecular flexibility index (Phi) is 5.12. The van der Waals surface area contributed by atoms with Gasteiger partial charge in [0.2, 0.25) is 5.82 Å². The summed E-state index contributed by atoms with van der Waals surface area (Å²) in [5.74, 6) is -15.1. The quantitative estimate of drug-likeness (QED) is 0.452. The van der Waals surface area contributed by atoms with Gasteiger partial charge in [0.1, 0.15) is 0 Å². The zero-order valence-corrected chi connectivity index (χ0v) is 12.4. The Balaban J connectivity index is 3.63. The molecule has 0 unspecified atom stereocenters. The van der Waals surface area contributed by atoms with E-state index in [0.29, 0.717) is 0 Å². The molecule has 5 nitrogen and oxygen atoms in total. The van der Waals surface area contributed by atoms with Crippen molar-refractivity contribution in [1.29, 1.82) is 0 Å². The largest absolute Gasteiger partial charge is 0.471 e. The summed E-state index contributed by atoms with van der Waals surface area (Å²) in [6.45, 7) is 0. The molecule has 0 spiro atoms. The van der Waals surface area contributed by atoms with Crippen molar-refractivity contribution in [2.24, 2.45) is 0 Å². The molecule has 0 heterocycles. The zero-order valence-electron chi connectivity index (χ0n) is 10.7. The molecule has 0 aliphatic rings. The molecule has 0 bridgehead atoms. The zero-order chi connectivity index (χ0) is 20.2. The first-order chi connectivity index (χ1) is 10.9. The average molecular weight is 429 g/mol. The van der Waals surface area contributed by atoms with Crippen LogP contribution in [0.3, 0.4) is 0 Å². The topological polar surface area (TPSA) is 80.3 Å². The maximum absolute atomic E-state index is 13.3. The molecule has 1 aromatic rings. The maximum atomic E-state index is 13.3. The van der Waals surface area contributed by atoms with Gasteiger partial charge in [-0.25, -0.2) is 38.8 Å². The minimum absolute atomic E-state index is 0.410. The third-order valence-electron chi connectivity index (χ3n) is 2.33. The SMILES string of the molecule is O=S(=O)(NS(=O)(=O)C(F)(F)C(F)(F)F)c1c(F)c(F)c(F)c(F)c1F. The van der Waals surface area contributed by atoms with E-state index in [1.165, 1.54) is 0 Å². The Hall–Kier alpha value is -1.62. The maximum Gasteiger partial charge on any atom is 0.471 e. The number of rotatable bonds is 4. The minimum atomic E-state index is -7.26. The van der Waals surface area contributed by atoms with Crippen molar-refractivity contribution in [2.75, 3.05) is 0 Å². The van der Waals surface area contributed by atoms with E-state index in [4.69, 9.17) is 0 Å². The average Bonchev–Trinajstić information content (AvgIpc) is 2.40. The Morgan fingerprint density at radius 1 is 0.640 bits per heavy atom. The van der Waals surface area contributed by atoms with Gasteiger partial charge in [0, 0.05) is 0 Å². The van der Waals surface area contributed by atoms with Gasteiger partial charge in [-0.15, -0.1) is 0 Å². The van der Waals surface area contributed by atoms with Crippen LogP contribution < -0.4 is 4.13 Å². The van der Waals surface area contributed by atoms with Crippen molar-refractivity contribution in [2.45, 2.75) is 16.3 Å². The molecule has 0 fully saturated rings. The molecule has 17 heteroatoms. The predicted molar refractivity (Wildman–Crippen MR) is 56.5 cm³/mol. The fraction of sp³-hybridized carbons (Fsp3) is 0.250. The van der Waals surface area contributed by atoms with Crippen LogP contribution in [0.15, 0.2) is 4.90 Å². The number of nitrogens with one attached hydrogen (secondary N) is 1. The van der Waals surface area contributed by atoms with Crippen molar-refractivity contribution < 1.29 is 60.7 Å². The Labute approximate surface area is 131 Å². The number of hydrogen-bond donors (Lipinski definition) is 1. The van der Waals surface area contributed by atoms with E-state index < -0.39 is 69.6 Å². The van der Waals surface area contributed by atoms with Gasteiger partial charge in [-0.2, -0.15) is 22.0 Å². The van der Waals surface area contributed by atoms with E-state index >= 15 is 0 Å². The first kappa shape index (κ1) is 21.4. The monoisotopic (exact) mass is 429 g/mol. The minimum Gasteiger partial charge on any atom is -0.206 e. The van der Waals surface area contributed by atoms with Crippen LogP contribution in [0, 0.1) is 29.1 Å². The lowest BCUT2D eigenvalue weighted by Crippen LogP contribution is -2.51. The van der Waals surface area contributed by atoms with Crippen LogP contribution in [-0.4, -0.2) is 28.3 Å². The van der Waals surface area contributed by atoms with Gasteiger partial charge in [-0.05, 0) is 0 Å². The summed E-state index contributed by atoms with van der Waals surface area (Å²) in [5.41, 5.74) is 0. The summed E-state index contributed by atoms with van der Waals surface area (Å²) in [6.07, 6.45) is -6.87. The highest BCUT2D eigenvalue weighted by Gasteiger charge is 2.68. The highest BCUT2D eigenvalue weighted by atomic mass is 32.3. The van der Waals surface area contributed by atoms with E-state index in [-0.39, 0.29) is 0 Å². The molecule has 1 aromatic carbocycles. The number of sulfonamides is 2. The Bertz CT molecular complexity index is 892. The second-order valence-electron chi connectivity index (χ2n) is 4.00. The molecular weight excluding hydrogens is 428 g/mol. The Morgan fingerprint density at radius 3 is 1.28 bits per heavy atom. The van der Waals surface area contributed by atoms with Gasteiger partial charge < -0.3 is 0 Å². The molecule has 0 aliphatic carbocycles. The summed E-state index contributed by atoms with van der Waals surface area (Å²) in [5, 5.41) is -6.78. The van der Waals surface area contributed by atoms with E-state index in [1.54, 1.807) is 0 Å². The van der Waals surface area contributed by atoms with Crippen molar-refractivity contribution in [3.05, 3.63) is 29.1 Å². The lowest BCUT2D eigenvalue weighted by Gasteiger charge is -2.20. The molecule has 0 aromatic heterocycles. The smallest absolute Gasteiger partial charge is 0.206 e. The number of alkyl halides is 5. The van der Waals surface area contributed by atoms with Crippen LogP contribution in [0.4, 0.5) is 43.9 Å². The molecule has 0 aliphatic heterocycles. The van der Waals surface area contributed by atoms with Crippen molar-refractivity contribution in [3.63, 3.8) is 0 Å². The van der Waals surface area contributed by atoms with Crippen LogP contribution in [0.1, 0.15) is 0 Å². The highest BCUT2D eigenvalue weighted by molar-refractivity contribution is 8.05. The predicted octanol–water partition coefficient (Wildman–Crippen LogP) is 2.15. The van der Waals surface area contributed by atoms with Gasteiger partial charge in [0.25, 0.3) is 10.0 Å². The standard InChI is InChI=1S/C8HF10NO4S2/c9-1-2(10)4(12)6(5(13)3(1)11)24(20,21)19-25(22,23)8(17,18)7(14,15)16/h19H. The highest BCUT2D eigenvalue weighted by Crippen LogP contribution is 2.40. The van der Waals surface area contributed by atoms with E-state index in [2.05, 4.69) is 0 Å². The number of hydrogen-bond acceptors (Lipinski definition) is 4. The van der Waals surface area contributed by atoms with Gasteiger partial charge in [0.15, 0.2) is 28.2 Å². The summed E-state index contributed by atoms with van der Waals surface area (Å²) in [4.78, 5) is -2.97. The van der Waals surface area contributed by atoms with Crippen molar-refractivity contribution in [1.82, 2.24) is 4.13 Å². The number of benzene rings is 1. The second-order valence-corrected chi connectivity index (χ2v) is 7.61. The Morgan fingerprint density at radius 2 is 0.960 bits per heavy atom.